The Morgan fingerprint density at radius 1 is 1.45 bits per heavy atom. The molecule has 106 valence electrons. The maximum absolute atomic E-state index is 13.8. The molecular weight excluding hydrogens is 277 g/mol. The number of aromatic nitrogens is 2. The second-order valence-electron chi connectivity index (χ2n) is 4.40. The third-order valence-corrected chi connectivity index (χ3v) is 3.81. The summed E-state index contributed by atoms with van der Waals surface area (Å²) < 4.78 is 15.3. The highest BCUT2D eigenvalue weighted by molar-refractivity contribution is 7.99. The van der Waals surface area contributed by atoms with Crippen LogP contribution in [0.25, 0.3) is 5.69 Å². The van der Waals surface area contributed by atoms with Gasteiger partial charge in [-0.05, 0) is 32.2 Å². The van der Waals surface area contributed by atoms with Gasteiger partial charge in [-0.15, -0.1) is 0 Å². The summed E-state index contributed by atoms with van der Waals surface area (Å²) >= 11 is 1.45. The van der Waals surface area contributed by atoms with E-state index in [0.717, 1.165) is 0 Å². The molecule has 0 saturated heterocycles. The van der Waals surface area contributed by atoms with Gasteiger partial charge in [0.2, 0.25) is 5.91 Å². The largest absolute Gasteiger partial charge is 0.310 e. The number of anilines is 1. The number of carbonyl (C=O) groups excluding carboxylic acids is 1. The topological polar surface area (TPSA) is 46.9 Å². The minimum absolute atomic E-state index is 0.130. The average Bonchev–Trinajstić information content (AvgIpc) is 2.79. The second kappa shape index (κ2) is 6.09. The Balaban J connectivity index is 2.37. The number of amides is 1. The first-order valence-corrected chi connectivity index (χ1v) is 7.47. The highest BCUT2D eigenvalue weighted by Gasteiger charge is 2.16. The van der Waals surface area contributed by atoms with Gasteiger partial charge in [0.25, 0.3) is 0 Å². The minimum Gasteiger partial charge on any atom is -0.310 e. The van der Waals surface area contributed by atoms with Crippen LogP contribution in [0.2, 0.25) is 0 Å². The first-order valence-electron chi connectivity index (χ1n) is 6.18. The number of rotatable bonds is 4. The maximum atomic E-state index is 13.8. The third-order valence-electron chi connectivity index (χ3n) is 2.89. The molecule has 2 rings (SSSR count). The molecule has 0 fully saturated rings. The number of nitrogens with one attached hydrogen (secondary N) is 1. The molecule has 6 heteroatoms. The molecule has 1 unspecified atom stereocenters. The lowest BCUT2D eigenvalue weighted by Crippen LogP contribution is -2.23. The molecule has 1 aromatic carbocycles. The van der Waals surface area contributed by atoms with Crippen molar-refractivity contribution in [2.75, 3.05) is 11.6 Å². The van der Waals surface area contributed by atoms with Gasteiger partial charge in [0.05, 0.1) is 10.9 Å². The van der Waals surface area contributed by atoms with Crippen LogP contribution in [0.5, 0.6) is 0 Å². The molecule has 20 heavy (non-hydrogen) atoms. The number of benzene rings is 1. The van der Waals surface area contributed by atoms with Gasteiger partial charge in [-0.25, -0.2) is 9.07 Å². The SMILES string of the molecule is CSC(C)C(=O)Nc1cc(C)nn1-c1ccccc1F. The number of aryl methyl sites for hydroxylation is 1. The van der Waals surface area contributed by atoms with Gasteiger partial charge >= 0.3 is 0 Å². The van der Waals surface area contributed by atoms with Crippen molar-refractivity contribution in [1.82, 2.24) is 9.78 Å². The lowest BCUT2D eigenvalue weighted by atomic mass is 10.3. The van der Waals surface area contributed by atoms with Gasteiger partial charge < -0.3 is 5.32 Å². The third kappa shape index (κ3) is 3.01. The van der Waals surface area contributed by atoms with E-state index in [1.165, 1.54) is 22.5 Å². The monoisotopic (exact) mass is 293 g/mol. The number of halogens is 1. The standard InChI is InChI=1S/C14H16FN3OS/c1-9-8-13(16-14(19)10(2)20-3)18(17-9)12-7-5-4-6-11(12)15/h4-8,10H,1-3H3,(H,16,19). The minimum atomic E-state index is -0.385. The molecule has 0 aliphatic carbocycles. The Hall–Kier alpha value is -1.82. The molecule has 0 aliphatic heterocycles. The molecule has 1 heterocycles. The lowest BCUT2D eigenvalue weighted by Gasteiger charge is -2.12. The highest BCUT2D eigenvalue weighted by Crippen LogP contribution is 2.20. The fourth-order valence-electron chi connectivity index (χ4n) is 1.73. The predicted molar refractivity (Wildman–Crippen MR) is 79.9 cm³/mol. The van der Waals surface area contributed by atoms with Gasteiger partial charge in [0.15, 0.2) is 0 Å². The summed E-state index contributed by atoms with van der Waals surface area (Å²) in [4.78, 5) is 12.0. The molecule has 0 bridgehead atoms. The highest BCUT2D eigenvalue weighted by atomic mass is 32.2. The Labute approximate surface area is 121 Å². The second-order valence-corrected chi connectivity index (χ2v) is 5.58. The molecule has 4 nitrogen and oxygen atoms in total. The first-order chi connectivity index (χ1) is 9.52. The van der Waals surface area contributed by atoms with Gasteiger partial charge in [-0.3, -0.25) is 4.79 Å². The quantitative estimate of drug-likeness (QED) is 0.942. The van der Waals surface area contributed by atoms with E-state index in [1.807, 2.05) is 13.2 Å². The van der Waals surface area contributed by atoms with Crippen LogP contribution >= 0.6 is 11.8 Å². The first kappa shape index (κ1) is 14.6. The van der Waals surface area contributed by atoms with Crippen LogP contribution in [0, 0.1) is 12.7 Å². The zero-order valence-electron chi connectivity index (χ0n) is 11.6. The maximum Gasteiger partial charge on any atom is 0.238 e. The number of hydrogen-bond acceptors (Lipinski definition) is 3. The molecule has 2 aromatic rings. The van der Waals surface area contributed by atoms with E-state index >= 15 is 0 Å². The van der Waals surface area contributed by atoms with Gasteiger partial charge in [0.1, 0.15) is 17.3 Å². The van der Waals surface area contributed by atoms with Crippen molar-refractivity contribution in [1.29, 1.82) is 0 Å². The molecule has 1 amide bonds. The normalized spacial score (nSPS) is 12.2. The Bertz CT molecular complexity index is 627. The molecule has 0 spiro atoms. The van der Waals surface area contributed by atoms with E-state index in [0.29, 0.717) is 17.2 Å². The van der Waals surface area contributed by atoms with E-state index in [1.54, 1.807) is 31.2 Å². The summed E-state index contributed by atoms with van der Waals surface area (Å²) in [5, 5.41) is 6.84. The Morgan fingerprint density at radius 2 is 2.15 bits per heavy atom. The number of hydrogen-bond donors (Lipinski definition) is 1. The van der Waals surface area contributed by atoms with E-state index < -0.39 is 0 Å². The lowest BCUT2D eigenvalue weighted by molar-refractivity contribution is -0.115. The molecule has 0 saturated carbocycles. The molecular formula is C14H16FN3OS. The number of thioether (sulfide) groups is 1. The van der Waals surface area contributed by atoms with Crippen molar-refractivity contribution in [2.24, 2.45) is 0 Å². The summed E-state index contributed by atoms with van der Waals surface area (Å²) in [5.41, 5.74) is 1.02. The average molecular weight is 293 g/mol. The number of para-hydroxylation sites is 1. The molecule has 0 radical (unpaired) electrons. The Morgan fingerprint density at radius 3 is 2.80 bits per heavy atom. The van der Waals surface area contributed by atoms with Crippen molar-refractivity contribution in [3.05, 3.63) is 41.8 Å². The van der Waals surface area contributed by atoms with Crippen molar-refractivity contribution in [2.45, 2.75) is 19.1 Å². The molecule has 1 atom stereocenters. The van der Waals surface area contributed by atoms with Crippen LogP contribution in [0.15, 0.2) is 30.3 Å². The van der Waals surface area contributed by atoms with E-state index in [2.05, 4.69) is 10.4 Å². The summed E-state index contributed by atoms with van der Waals surface area (Å²) in [6.07, 6.45) is 1.86. The molecule has 1 N–H and O–H groups in total. The number of carbonyl (C=O) groups is 1. The fraction of sp³-hybridized carbons (Fsp3) is 0.286. The van der Waals surface area contributed by atoms with Crippen molar-refractivity contribution in [3.8, 4) is 5.69 Å². The fourth-order valence-corrected chi connectivity index (χ4v) is 2.00. The smallest absolute Gasteiger partial charge is 0.238 e. The summed E-state index contributed by atoms with van der Waals surface area (Å²) in [6, 6.07) is 8.05. The summed E-state index contributed by atoms with van der Waals surface area (Å²) in [7, 11) is 0. The van der Waals surface area contributed by atoms with Crippen molar-refractivity contribution >= 4 is 23.5 Å². The number of nitrogens with zero attached hydrogens (tertiary/aromatic N) is 2. The van der Waals surface area contributed by atoms with Crippen LogP contribution in [0.3, 0.4) is 0 Å². The van der Waals surface area contributed by atoms with Crippen molar-refractivity contribution in [3.63, 3.8) is 0 Å². The summed E-state index contributed by atoms with van der Waals surface area (Å²) in [5.74, 6) is -0.0440. The molecule has 0 aliphatic rings. The zero-order chi connectivity index (χ0) is 14.7. The summed E-state index contributed by atoms with van der Waals surface area (Å²) in [6.45, 7) is 3.61. The van der Waals surface area contributed by atoms with Crippen LogP contribution < -0.4 is 5.32 Å². The van der Waals surface area contributed by atoms with Crippen LogP contribution in [0.1, 0.15) is 12.6 Å². The van der Waals surface area contributed by atoms with E-state index in [9.17, 15) is 9.18 Å². The van der Waals surface area contributed by atoms with Gasteiger partial charge in [-0.1, -0.05) is 12.1 Å². The van der Waals surface area contributed by atoms with E-state index in [-0.39, 0.29) is 17.0 Å². The van der Waals surface area contributed by atoms with Crippen LogP contribution in [-0.2, 0) is 4.79 Å². The van der Waals surface area contributed by atoms with E-state index in [4.69, 9.17) is 0 Å². The van der Waals surface area contributed by atoms with Gasteiger partial charge in [0, 0.05) is 6.07 Å². The van der Waals surface area contributed by atoms with Crippen LogP contribution in [0.4, 0.5) is 10.2 Å². The zero-order valence-corrected chi connectivity index (χ0v) is 12.4. The molecule has 1 aromatic heterocycles. The Kier molecular flexibility index (Phi) is 4.44. The van der Waals surface area contributed by atoms with Crippen molar-refractivity contribution < 1.29 is 9.18 Å². The van der Waals surface area contributed by atoms with Gasteiger partial charge in [-0.2, -0.15) is 16.9 Å². The predicted octanol–water partition coefficient (Wildman–Crippen LogP) is 3.01. The van der Waals surface area contributed by atoms with Crippen LogP contribution in [-0.4, -0.2) is 27.2 Å².